The number of aryl methyl sites for hydroxylation is 4. The van der Waals surface area contributed by atoms with Crippen LogP contribution in [0.25, 0.3) is 16.8 Å². The second-order valence-corrected chi connectivity index (χ2v) is 8.63. The van der Waals surface area contributed by atoms with Crippen LogP contribution in [-0.4, -0.2) is 9.13 Å². The van der Waals surface area contributed by atoms with Crippen molar-refractivity contribution in [2.24, 2.45) is 0 Å². The van der Waals surface area contributed by atoms with Crippen molar-refractivity contribution in [1.82, 2.24) is 9.13 Å². The molecule has 0 aliphatic rings. The number of rotatable bonds is 4. The van der Waals surface area contributed by atoms with Crippen molar-refractivity contribution in [3.05, 3.63) is 110 Å². The maximum absolute atomic E-state index is 13.5. The molecule has 4 rings (SSSR count). The third kappa shape index (κ3) is 3.76. The monoisotopic (exact) mass is 410 g/mol. The van der Waals surface area contributed by atoms with Crippen LogP contribution in [0.15, 0.2) is 65.5 Å². The first-order chi connectivity index (χ1) is 14.8. The van der Waals surface area contributed by atoms with E-state index in [0.29, 0.717) is 6.54 Å². The molecule has 0 saturated heterocycles. The minimum atomic E-state index is 0.0213. The molecule has 0 fully saturated rings. The number of nitrogens with zero attached hydrogens (tertiary/aromatic N) is 2. The number of aromatic nitrogens is 2. The van der Waals surface area contributed by atoms with E-state index in [9.17, 15) is 4.79 Å². The van der Waals surface area contributed by atoms with E-state index in [2.05, 4.69) is 88.4 Å². The fourth-order valence-corrected chi connectivity index (χ4v) is 4.61. The van der Waals surface area contributed by atoms with Gasteiger partial charge in [0.15, 0.2) is 0 Å². The summed E-state index contributed by atoms with van der Waals surface area (Å²) >= 11 is 0. The van der Waals surface area contributed by atoms with E-state index in [-0.39, 0.29) is 5.69 Å². The third-order valence-electron chi connectivity index (χ3n) is 6.30. The van der Waals surface area contributed by atoms with Crippen LogP contribution in [0.1, 0.15) is 39.2 Å². The second-order valence-electron chi connectivity index (χ2n) is 8.63. The Labute approximate surface area is 184 Å². The maximum atomic E-state index is 13.5. The Morgan fingerprint density at radius 2 is 1.32 bits per heavy atom. The van der Waals surface area contributed by atoms with Crippen LogP contribution >= 0.6 is 0 Å². The van der Waals surface area contributed by atoms with E-state index >= 15 is 0 Å². The molecule has 0 amide bonds. The fourth-order valence-electron chi connectivity index (χ4n) is 4.61. The van der Waals surface area contributed by atoms with Gasteiger partial charge in [0.05, 0.1) is 12.2 Å². The quantitative estimate of drug-likeness (QED) is 0.393. The van der Waals surface area contributed by atoms with Crippen molar-refractivity contribution in [3.8, 4) is 16.8 Å². The molecule has 3 heteroatoms. The highest BCUT2D eigenvalue weighted by Crippen LogP contribution is 2.25. The predicted molar refractivity (Wildman–Crippen MR) is 129 cm³/mol. The van der Waals surface area contributed by atoms with Gasteiger partial charge in [-0.1, -0.05) is 66.2 Å². The van der Waals surface area contributed by atoms with E-state index in [0.717, 1.165) is 33.8 Å². The lowest BCUT2D eigenvalue weighted by atomic mass is 9.99. The second kappa shape index (κ2) is 8.07. The Bertz CT molecular complexity index is 1300. The molecule has 0 aliphatic heterocycles. The Balaban J connectivity index is 1.72. The number of hydrogen-bond donors (Lipinski definition) is 0. The topological polar surface area (TPSA) is 26.9 Å². The van der Waals surface area contributed by atoms with Crippen LogP contribution in [0.4, 0.5) is 0 Å². The van der Waals surface area contributed by atoms with Gasteiger partial charge in [-0.25, -0.2) is 4.79 Å². The van der Waals surface area contributed by atoms with Crippen LogP contribution in [-0.2, 0) is 6.54 Å². The van der Waals surface area contributed by atoms with Crippen molar-refractivity contribution in [2.45, 2.75) is 48.1 Å². The molecular formula is C28H30N2O. The van der Waals surface area contributed by atoms with Gasteiger partial charge in [0, 0.05) is 11.4 Å². The predicted octanol–water partition coefficient (Wildman–Crippen LogP) is 6.20. The SMILES string of the molecule is Cc1cc(C)c(-n2c(C)c(C)n(Cc3ccc(-c4ccccc4C)cc3)c2=O)c(C)c1. The number of benzene rings is 3. The standard InChI is InChI=1S/C28H30N2O/c1-18-15-20(3)27(21(4)16-18)30-23(6)22(5)29(28(30)31)17-24-11-13-25(14-12-24)26-10-8-7-9-19(26)2/h7-16H,17H2,1-6H3. The lowest BCUT2D eigenvalue weighted by Crippen LogP contribution is -2.25. The zero-order chi connectivity index (χ0) is 22.3. The van der Waals surface area contributed by atoms with Gasteiger partial charge in [-0.2, -0.15) is 0 Å². The third-order valence-corrected chi connectivity index (χ3v) is 6.30. The Morgan fingerprint density at radius 3 is 1.94 bits per heavy atom. The molecule has 0 N–H and O–H groups in total. The van der Waals surface area contributed by atoms with Gasteiger partial charge in [0.25, 0.3) is 0 Å². The van der Waals surface area contributed by atoms with Crippen LogP contribution < -0.4 is 5.69 Å². The van der Waals surface area contributed by atoms with Gasteiger partial charge < -0.3 is 0 Å². The fraction of sp³-hybridized carbons (Fsp3) is 0.250. The zero-order valence-electron chi connectivity index (χ0n) is 19.3. The average molecular weight is 411 g/mol. The average Bonchev–Trinajstić information content (AvgIpc) is 2.93. The smallest absolute Gasteiger partial charge is 0.292 e. The molecule has 0 aliphatic carbocycles. The molecule has 1 heterocycles. The first kappa shape index (κ1) is 20.9. The van der Waals surface area contributed by atoms with Crippen molar-refractivity contribution in [1.29, 1.82) is 0 Å². The summed E-state index contributed by atoms with van der Waals surface area (Å²) < 4.78 is 3.76. The van der Waals surface area contributed by atoms with Gasteiger partial charge in [-0.3, -0.25) is 9.13 Å². The van der Waals surface area contributed by atoms with E-state index in [1.54, 1.807) is 0 Å². The van der Waals surface area contributed by atoms with Crippen molar-refractivity contribution < 1.29 is 0 Å². The molecule has 3 aromatic carbocycles. The highest BCUT2D eigenvalue weighted by molar-refractivity contribution is 5.67. The minimum Gasteiger partial charge on any atom is -0.292 e. The van der Waals surface area contributed by atoms with Gasteiger partial charge in [-0.15, -0.1) is 0 Å². The molecule has 0 radical (unpaired) electrons. The van der Waals surface area contributed by atoms with Crippen molar-refractivity contribution in [3.63, 3.8) is 0 Å². The van der Waals surface area contributed by atoms with Gasteiger partial charge in [0.2, 0.25) is 0 Å². The molecule has 0 bridgehead atoms. The summed E-state index contributed by atoms with van der Waals surface area (Å²) in [5, 5.41) is 0. The summed E-state index contributed by atoms with van der Waals surface area (Å²) in [7, 11) is 0. The molecule has 1 aromatic heterocycles. The molecule has 0 unspecified atom stereocenters. The highest BCUT2D eigenvalue weighted by atomic mass is 16.1. The molecule has 158 valence electrons. The molecule has 31 heavy (non-hydrogen) atoms. The molecule has 4 aromatic rings. The summed E-state index contributed by atoms with van der Waals surface area (Å²) in [6.45, 7) is 13.0. The number of hydrogen-bond acceptors (Lipinski definition) is 1. The first-order valence-corrected chi connectivity index (χ1v) is 10.8. The molecule has 0 saturated carbocycles. The minimum absolute atomic E-state index is 0.0213. The summed E-state index contributed by atoms with van der Waals surface area (Å²) in [6.07, 6.45) is 0. The number of imidazole rings is 1. The van der Waals surface area contributed by atoms with E-state index in [1.165, 1.54) is 22.3 Å². The molecular weight excluding hydrogens is 380 g/mol. The van der Waals surface area contributed by atoms with Crippen molar-refractivity contribution in [2.75, 3.05) is 0 Å². The Morgan fingerprint density at radius 1 is 0.710 bits per heavy atom. The first-order valence-electron chi connectivity index (χ1n) is 10.8. The zero-order valence-corrected chi connectivity index (χ0v) is 19.3. The normalized spacial score (nSPS) is 11.2. The lowest BCUT2D eigenvalue weighted by Gasteiger charge is -2.13. The molecule has 0 atom stereocenters. The van der Waals surface area contributed by atoms with Crippen LogP contribution in [0, 0.1) is 41.5 Å². The summed E-state index contributed by atoms with van der Waals surface area (Å²) in [5.41, 5.74) is 11.3. The molecule has 3 nitrogen and oxygen atoms in total. The van der Waals surface area contributed by atoms with E-state index in [1.807, 2.05) is 23.0 Å². The lowest BCUT2D eigenvalue weighted by molar-refractivity contribution is 0.722. The Kier molecular flexibility index (Phi) is 5.45. The summed E-state index contributed by atoms with van der Waals surface area (Å²) in [4.78, 5) is 13.5. The highest BCUT2D eigenvalue weighted by Gasteiger charge is 2.18. The maximum Gasteiger partial charge on any atom is 0.333 e. The van der Waals surface area contributed by atoms with E-state index in [4.69, 9.17) is 0 Å². The molecule has 0 spiro atoms. The Hall–Kier alpha value is -3.33. The largest absolute Gasteiger partial charge is 0.333 e. The van der Waals surface area contributed by atoms with Gasteiger partial charge in [-0.05, 0) is 74.9 Å². The van der Waals surface area contributed by atoms with Gasteiger partial charge >= 0.3 is 5.69 Å². The van der Waals surface area contributed by atoms with Crippen LogP contribution in [0.2, 0.25) is 0 Å². The van der Waals surface area contributed by atoms with Crippen LogP contribution in [0.3, 0.4) is 0 Å². The summed E-state index contributed by atoms with van der Waals surface area (Å²) in [5.74, 6) is 0. The van der Waals surface area contributed by atoms with Crippen molar-refractivity contribution >= 4 is 0 Å². The summed E-state index contributed by atoms with van der Waals surface area (Å²) in [6, 6.07) is 21.3. The van der Waals surface area contributed by atoms with Crippen LogP contribution in [0.5, 0.6) is 0 Å². The van der Waals surface area contributed by atoms with Gasteiger partial charge in [0.1, 0.15) is 0 Å². The van der Waals surface area contributed by atoms with E-state index < -0.39 is 0 Å².